The molecule has 0 saturated carbocycles. The van der Waals surface area contributed by atoms with Crippen LogP contribution in [0, 0.1) is 13.8 Å². The Bertz CT molecular complexity index is 348. The maximum atomic E-state index is 5.62. The average Bonchev–Trinajstić information content (AvgIpc) is 2.52. The van der Waals surface area contributed by atoms with Crippen LogP contribution in [0.5, 0.6) is 0 Å². The van der Waals surface area contributed by atoms with Gasteiger partial charge in [-0.25, -0.2) is 9.98 Å². The fraction of sp³-hybridized carbons (Fsp3) is 0.400. The summed E-state index contributed by atoms with van der Waals surface area (Å²) in [6, 6.07) is 0. The van der Waals surface area contributed by atoms with Gasteiger partial charge in [0, 0.05) is 11.4 Å². The van der Waals surface area contributed by atoms with Crippen LogP contribution in [-0.4, -0.2) is 17.5 Å². The molecule has 82 valence electrons. The maximum Gasteiger partial charge on any atom is 0.189 e. The predicted octanol–water partition coefficient (Wildman–Crippen LogP) is 1.35. The van der Waals surface area contributed by atoms with Crippen LogP contribution in [0.15, 0.2) is 17.6 Å². The highest BCUT2D eigenvalue weighted by Gasteiger charge is 2.02. The minimum Gasteiger partial charge on any atom is -0.370 e. The number of nitrogens with zero attached hydrogens (tertiary/aromatic N) is 2. The first-order valence-electron chi connectivity index (χ1n) is 4.71. The van der Waals surface area contributed by atoms with Crippen LogP contribution in [-0.2, 0) is 6.54 Å². The topological polar surface area (TPSA) is 63.3 Å². The Labute approximate surface area is 93.9 Å². The normalized spacial score (nSPS) is 11.5. The molecule has 1 aromatic heterocycles. The average molecular weight is 224 g/mol. The molecule has 0 aromatic carbocycles. The van der Waals surface area contributed by atoms with Gasteiger partial charge >= 0.3 is 0 Å². The summed E-state index contributed by atoms with van der Waals surface area (Å²) in [4.78, 5) is 9.77. The molecule has 0 spiro atoms. The number of nitrogens with two attached hydrogens (primary N) is 1. The molecule has 0 fully saturated rings. The first-order valence-corrected chi connectivity index (χ1v) is 5.52. The van der Waals surface area contributed by atoms with Gasteiger partial charge in [-0.1, -0.05) is 6.08 Å². The van der Waals surface area contributed by atoms with E-state index in [-0.39, 0.29) is 0 Å². The number of hydrogen-bond acceptors (Lipinski definition) is 3. The molecule has 0 saturated heterocycles. The molecule has 0 unspecified atom stereocenters. The van der Waals surface area contributed by atoms with E-state index >= 15 is 0 Å². The summed E-state index contributed by atoms with van der Waals surface area (Å²) in [5.74, 6) is 0.431. The van der Waals surface area contributed by atoms with E-state index in [9.17, 15) is 0 Å². The Morgan fingerprint density at radius 1 is 1.67 bits per heavy atom. The summed E-state index contributed by atoms with van der Waals surface area (Å²) in [6.07, 6.45) is 1.74. The highest BCUT2D eigenvalue weighted by atomic mass is 32.1. The van der Waals surface area contributed by atoms with Crippen molar-refractivity contribution in [2.75, 3.05) is 6.54 Å². The fourth-order valence-electron chi connectivity index (χ4n) is 0.992. The van der Waals surface area contributed by atoms with Crippen molar-refractivity contribution in [3.8, 4) is 0 Å². The summed E-state index contributed by atoms with van der Waals surface area (Å²) in [6.45, 7) is 8.80. The van der Waals surface area contributed by atoms with Crippen LogP contribution < -0.4 is 11.1 Å². The number of rotatable bonds is 4. The lowest BCUT2D eigenvalue weighted by Crippen LogP contribution is -2.31. The molecular formula is C10H16N4S. The molecule has 5 heteroatoms. The number of nitrogens with one attached hydrogen (secondary N) is 1. The lowest BCUT2D eigenvalue weighted by molar-refractivity contribution is 0.955. The zero-order chi connectivity index (χ0) is 11.3. The molecule has 0 aliphatic heterocycles. The van der Waals surface area contributed by atoms with Gasteiger partial charge in [-0.2, -0.15) is 0 Å². The first-order chi connectivity index (χ1) is 7.13. The van der Waals surface area contributed by atoms with Gasteiger partial charge in [-0.05, 0) is 13.8 Å². The highest BCUT2D eigenvalue weighted by molar-refractivity contribution is 7.11. The number of thiazole rings is 1. The summed E-state index contributed by atoms with van der Waals surface area (Å²) >= 11 is 1.66. The van der Waals surface area contributed by atoms with Gasteiger partial charge in [0.1, 0.15) is 5.01 Å². The second kappa shape index (κ2) is 5.50. The van der Waals surface area contributed by atoms with Crippen LogP contribution >= 0.6 is 11.3 Å². The quantitative estimate of drug-likeness (QED) is 0.461. The molecule has 0 atom stereocenters. The number of aryl methyl sites for hydroxylation is 2. The zero-order valence-electron chi connectivity index (χ0n) is 9.08. The molecule has 1 heterocycles. The van der Waals surface area contributed by atoms with Gasteiger partial charge in [0.2, 0.25) is 0 Å². The van der Waals surface area contributed by atoms with Crippen molar-refractivity contribution in [1.82, 2.24) is 10.3 Å². The maximum absolute atomic E-state index is 5.62. The number of guanidine groups is 1. The third kappa shape index (κ3) is 3.71. The molecule has 4 nitrogen and oxygen atoms in total. The van der Waals surface area contributed by atoms with Gasteiger partial charge in [-0.3, -0.25) is 0 Å². The molecule has 0 radical (unpaired) electrons. The van der Waals surface area contributed by atoms with E-state index in [1.807, 2.05) is 6.92 Å². The lowest BCUT2D eigenvalue weighted by atomic mass is 10.4. The Kier molecular flexibility index (Phi) is 4.30. The molecule has 3 N–H and O–H groups in total. The Morgan fingerprint density at radius 3 is 2.93 bits per heavy atom. The van der Waals surface area contributed by atoms with E-state index in [4.69, 9.17) is 5.73 Å². The second-order valence-corrected chi connectivity index (χ2v) is 4.41. The van der Waals surface area contributed by atoms with Crippen molar-refractivity contribution in [3.63, 3.8) is 0 Å². The van der Waals surface area contributed by atoms with Gasteiger partial charge in [0.15, 0.2) is 5.96 Å². The highest BCUT2D eigenvalue weighted by Crippen LogP contribution is 2.16. The van der Waals surface area contributed by atoms with Crippen molar-refractivity contribution >= 4 is 17.3 Å². The molecule has 0 aliphatic rings. The van der Waals surface area contributed by atoms with E-state index in [2.05, 4.69) is 28.8 Å². The summed E-state index contributed by atoms with van der Waals surface area (Å²) in [7, 11) is 0. The number of aliphatic imine (C=N–C) groups is 1. The second-order valence-electron chi connectivity index (χ2n) is 3.12. The van der Waals surface area contributed by atoms with Crippen LogP contribution in [0.2, 0.25) is 0 Å². The van der Waals surface area contributed by atoms with Crippen molar-refractivity contribution < 1.29 is 0 Å². The molecule has 0 bridgehead atoms. The largest absolute Gasteiger partial charge is 0.370 e. The van der Waals surface area contributed by atoms with Crippen LogP contribution in [0.4, 0.5) is 0 Å². The fourth-order valence-corrected chi connectivity index (χ4v) is 1.85. The monoisotopic (exact) mass is 224 g/mol. The molecule has 15 heavy (non-hydrogen) atoms. The van der Waals surface area contributed by atoms with E-state index in [1.54, 1.807) is 17.4 Å². The third-order valence-corrected chi connectivity index (χ3v) is 2.94. The van der Waals surface area contributed by atoms with Crippen LogP contribution in [0.25, 0.3) is 0 Å². The summed E-state index contributed by atoms with van der Waals surface area (Å²) in [5.41, 5.74) is 6.69. The van der Waals surface area contributed by atoms with Crippen LogP contribution in [0.3, 0.4) is 0 Å². The SMILES string of the molecule is C=CCNC(N)=NCc1nc(C)c(C)s1. The van der Waals surface area contributed by atoms with Crippen LogP contribution in [0.1, 0.15) is 15.6 Å². The van der Waals surface area contributed by atoms with E-state index in [1.165, 1.54) is 4.88 Å². The Morgan fingerprint density at radius 2 is 2.40 bits per heavy atom. The van der Waals surface area contributed by atoms with Crippen molar-refractivity contribution in [1.29, 1.82) is 0 Å². The van der Waals surface area contributed by atoms with Crippen molar-refractivity contribution in [2.45, 2.75) is 20.4 Å². The predicted molar refractivity (Wildman–Crippen MR) is 65.1 cm³/mol. The Hall–Kier alpha value is -1.36. The first kappa shape index (κ1) is 11.7. The minimum absolute atomic E-state index is 0.431. The van der Waals surface area contributed by atoms with Gasteiger partial charge < -0.3 is 11.1 Å². The van der Waals surface area contributed by atoms with E-state index < -0.39 is 0 Å². The number of hydrogen-bond donors (Lipinski definition) is 2. The standard InChI is InChI=1S/C10H16N4S/c1-4-5-12-10(11)13-6-9-14-7(2)8(3)15-9/h4H,1,5-6H2,2-3H3,(H3,11,12,13). The molecule has 0 amide bonds. The lowest BCUT2D eigenvalue weighted by Gasteiger charge is -2.00. The van der Waals surface area contributed by atoms with E-state index in [0.717, 1.165) is 10.7 Å². The van der Waals surface area contributed by atoms with E-state index in [0.29, 0.717) is 19.0 Å². The molecule has 1 aromatic rings. The van der Waals surface area contributed by atoms with Gasteiger partial charge in [0.05, 0.1) is 12.2 Å². The molecule has 0 aliphatic carbocycles. The molecule has 1 rings (SSSR count). The zero-order valence-corrected chi connectivity index (χ0v) is 9.90. The summed E-state index contributed by atoms with van der Waals surface area (Å²) in [5, 5.41) is 3.90. The van der Waals surface area contributed by atoms with Crippen molar-refractivity contribution in [3.05, 3.63) is 28.2 Å². The third-order valence-electron chi connectivity index (χ3n) is 1.89. The Balaban J connectivity index is 2.51. The van der Waals surface area contributed by atoms with Gasteiger partial charge in [0.25, 0.3) is 0 Å². The van der Waals surface area contributed by atoms with Crippen molar-refractivity contribution in [2.24, 2.45) is 10.7 Å². The minimum atomic E-state index is 0.431. The molecular weight excluding hydrogens is 208 g/mol. The smallest absolute Gasteiger partial charge is 0.189 e. The number of aromatic nitrogens is 1. The summed E-state index contributed by atoms with van der Waals surface area (Å²) < 4.78 is 0. The van der Waals surface area contributed by atoms with Gasteiger partial charge in [-0.15, -0.1) is 17.9 Å².